The van der Waals surface area contributed by atoms with E-state index in [4.69, 9.17) is 0 Å². The predicted octanol–water partition coefficient (Wildman–Crippen LogP) is 5.10. The third-order valence-corrected chi connectivity index (χ3v) is 4.54. The van der Waals surface area contributed by atoms with E-state index in [0.717, 1.165) is 13.0 Å². The van der Waals surface area contributed by atoms with E-state index in [2.05, 4.69) is 61.1 Å². The van der Waals surface area contributed by atoms with Gasteiger partial charge < -0.3 is 5.32 Å². The number of rotatable bonds is 7. The Labute approximate surface area is 127 Å². The molecular formula is C18H25NS. The monoisotopic (exact) mass is 287 g/mol. The third-order valence-electron chi connectivity index (χ3n) is 3.66. The summed E-state index contributed by atoms with van der Waals surface area (Å²) in [6, 6.07) is 9.46. The summed E-state index contributed by atoms with van der Waals surface area (Å²) in [5.74, 6) is 0. The van der Waals surface area contributed by atoms with Crippen LogP contribution in [0.3, 0.4) is 0 Å². The molecule has 1 aromatic carbocycles. The van der Waals surface area contributed by atoms with Gasteiger partial charge in [-0.05, 0) is 59.3 Å². The zero-order chi connectivity index (χ0) is 14.4. The van der Waals surface area contributed by atoms with E-state index >= 15 is 0 Å². The lowest BCUT2D eigenvalue weighted by atomic mass is 9.96. The van der Waals surface area contributed by atoms with Crippen molar-refractivity contribution in [3.05, 3.63) is 57.3 Å². The maximum atomic E-state index is 3.69. The SMILES string of the molecule is CCCNC(c1ccc(CCC)cc1)c1cscc1C. The quantitative estimate of drug-likeness (QED) is 0.747. The van der Waals surface area contributed by atoms with Crippen molar-refractivity contribution < 1.29 is 0 Å². The molecule has 2 rings (SSSR count). The Bertz CT molecular complexity index is 512. The van der Waals surface area contributed by atoms with Crippen LogP contribution in [0.5, 0.6) is 0 Å². The van der Waals surface area contributed by atoms with Crippen LogP contribution in [-0.4, -0.2) is 6.54 Å². The van der Waals surface area contributed by atoms with Crippen molar-refractivity contribution in [3.63, 3.8) is 0 Å². The number of hydrogen-bond acceptors (Lipinski definition) is 2. The largest absolute Gasteiger partial charge is 0.306 e. The molecule has 1 aromatic heterocycles. The van der Waals surface area contributed by atoms with Crippen LogP contribution in [0.4, 0.5) is 0 Å². The second-order valence-corrected chi connectivity index (χ2v) is 6.13. The molecule has 1 atom stereocenters. The van der Waals surface area contributed by atoms with Crippen LogP contribution in [0, 0.1) is 6.92 Å². The molecule has 1 nitrogen and oxygen atoms in total. The number of hydrogen-bond donors (Lipinski definition) is 1. The molecule has 0 radical (unpaired) electrons. The normalized spacial score (nSPS) is 12.6. The second-order valence-electron chi connectivity index (χ2n) is 5.39. The van der Waals surface area contributed by atoms with Crippen molar-refractivity contribution in [2.45, 2.75) is 46.1 Å². The molecule has 1 unspecified atom stereocenters. The maximum absolute atomic E-state index is 3.69. The molecule has 20 heavy (non-hydrogen) atoms. The molecule has 0 saturated heterocycles. The van der Waals surface area contributed by atoms with Crippen molar-refractivity contribution in [3.8, 4) is 0 Å². The molecule has 0 spiro atoms. The van der Waals surface area contributed by atoms with Gasteiger partial charge in [0, 0.05) is 0 Å². The highest BCUT2D eigenvalue weighted by atomic mass is 32.1. The van der Waals surface area contributed by atoms with E-state index in [1.54, 1.807) is 11.3 Å². The van der Waals surface area contributed by atoms with Crippen LogP contribution in [-0.2, 0) is 6.42 Å². The standard InChI is InChI=1S/C18H25NS/c1-4-6-15-7-9-16(10-8-15)18(19-11-5-2)17-13-20-12-14(17)3/h7-10,12-13,18-19H,4-6,11H2,1-3H3. The van der Waals surface area contributed by atoms with E-state index in [1.807, 2.05) is 0 Å². The molecule has 0 fully saturated rings. The molecule has 108 valence electrons. The molecule has 0 saturated carbocycles. The first-order valence-electron chi connectivity index (χ1n) is 7.61. The molecule has 0 bridgehead atoms. The zero-order valence-electron chi connectivity index (χ0n) is 12.8. The fourth-order valence-corrected chi connectivity index (χ4v) is 3.40. The Balaban J connectivity index is 2.24. The minimum atomic E-state index is 0.330. The molecular weight excluding hydrogens is 262 g/mol. The summed E-state index contributed by atoms with van der Waals surface area (Å²) in [5.41, 5.74) is 5.63. The van der Waals surface area contributed by atoms with Gasteiger partial charge in [-0.15, -0.1) is 0 Å². The van der Waals surface area contributed by atoms with Gasteiger partial charge in [-0.1, -0.05) is 44.5 Å². The average Bonchev–Trinajstić information content (AvgIpc) is 2.88. The fourth-order valence-electron chi connectivity index (χ4n) is 2.53. The fraction of sp³-hybridized carbons (Fsp3) is 0.444. The molecule has 0 aliphatic carbocycles. The van der Waals surface area contributed by atoms with Crippen LogP contribution in [0.1, 0.15) is 55.0 Å². The summed E-state index contributed by atoms with van der Waals surface area (Å²) < 4.78 is 0. The zero-order valence-corrected chi connectivity index (χ0v) is 13.6. The Morgan fingerprint density at radius 2 is 1.80 bits per heavy atom. The first kappa shape index (κ1) is 15.3. The number of nitrogens with one attached hydrogen (secondary N) is 1. The number of thiophene rings is 1. The van der Waals surface area contributed by atoms with Gasteiger partial charge in [0.25, 0.3) is 0 Å². The van der Waals surface area contributed by atoms with Gasteiger partial charge in [-0.3, -0.25) is 0 Å². The van der Waals surface area contributed by atoms with E-state index in [0.29, 0.717) is 6.04 Å². The third kappa shape index (κ3) is 3.71. The first-order chi connectivity index (χ1) is 9.76. The van der Waals surface area contributed by atoms with Crippen molar-refractivity contribution >= 4 is 11.3 Å². The average molecular weight is 287 g/mol. The molecule has 2 aromatic rings. The Morgan fingerprint density at radius 3 is 2.35 bits per heavy atom. The van der Waals surface area contributed by atoms with E-state index in [-0.39, 0.29) is 0 Å². The smallest absolute Gasteiger partial charge is 0.0587 e. The van der Waals surface area contributed by atoms with Crippen LogP contribution in [0.15, 0.2) is 35.0 Å². The van der Waals surface area contributed by atoms with Crippen molar-refractivity contribution in [2.24, 2.45) is 0 Å². The van der Waals surface area contributed by atoms with Crippen molar-refractivity contribution in [2.75, 3.05) is 6.54 Å². The second kappa shape index (κ2) is 7.61. The molecule has 0 aliphatic rings. The maximum Gasteiger partial charge on any atom is 0.0587 e. The Hall–Kier alpha value is -1.12. The topological polar surface area (TPSA) is 12.0 Å². The number of aryl methyl sites for hydroxylation is 2. The molecule has 0 amide bonds. The van der Waals surface area contributed by atoms with Crippen LogP contribution in [0.2, 0.25) is 0 Å². The van der Waals surface area contributed by atoms with E-state index in [1.165, 1.54) is 35.1 Å². The van der Waals surface area contributed by atoms with Gasteiger partial charge in [-0.2, -0.15) is 11.3 Å². The van der Waals surface area contributed by atoms with Gasteiger partial charge in [-0.25, -0.2) is 0 Å². The number of benzene rings is 1. The molecule has 1 N–H and O–H groups in total. The van der Waals surface area contributed by atoms with Gasteiger partial charge in [0.2, 0.25) is 0 Å². The highest BCUT2D eigenvalue weighted by Gasteiger charge is 2.15. The summed E-state index contributed by atoms with van der Waals surface area (Å²) in [7, 11) is 0. The summed E-state index contributed by atoms with van der Waals surface area (Å²) in [5, 5.41) is 8.20. The Morgan fingerprint density at radius 1 is 1.05 bits per heavy atom. The lowest BCUT2D eigenvalue weighted by molar-refractivity contribution is 0.597. The van der Waals surface area contributed by atoms with E-state index in [9.17, 15) is 0 Å². The van der Waals surface area contributed by atoms with Gasteiger partial charge in [0.05, 0.1) is 6.04 Å². The molecule has 1 heterocycles. The highest BCUT2D eigenvalue weighted by Crippen LogP contribution is 2.28. The lowest BCUT2D eigenvalue weighted by Crippen LogP contribution is -2.23. The first-order valence-corrected chi connectivity index (χ1v) is 8.55. The highest BCUT2D eigenvalue weighted by molar-refractivity contribution is 7.08. The predicted molar refractivity (Wildman–Crippen MR) is 89.6 cm³/mol. The summed E-state index contributed by atoms with van der Waals surface area (Å²) >= 11 is 1.79. The van der Waals surface area contributed by atoms with Crippen molar-refractivity contribution in [1.82, 2.24) is 5.32 Å². The Kier molecular flexibility index (Phi) is 5.81. The van der Waals surface area contributed by atoms with E-state index < -0.39 is 0 Å². The summed E-state index contributed by atoms with van der Waals surface area (Å²) in [6.07, 6.45) is 3.54. The van der Waals surface area contributed by atoms with Gasteiger partial charge in [0.1, 0.15) is 0 Å². The van der Waals surface area contributed by atoms with Gasteiger partial charge >= 0.3 is 0 Å². The minimum absolute atomic E-state index is 0.330. The van der Waals surface area contributed by atoms with Gasteiger partial charge in [0.15, 0.2) is 0 Å². The lowest BCUT2D eigenvalue weighted by Gasteiger charge is -2.20. The summed E-state index contributed by atoms with van der Waals surface area (Å²) in [6.45, 7) is 7.71. The minimum Gasteiger partial charge on any atom is -0.306 e. The molecule has 0 aliphatic heterocycles. The molecule has 2 heteroatoms. The van der Waals surface area contributed by atoms with Crippen LogP contribution >= 0.6 is 11.3 Å². The van der Waals surface area contributed by atoms with Crippen molar-refractivity contribution in [1.29, 1.82) is 0 Å². The summed E-state index contributed by atoms with van der Waals surface area (Å²) in [4.78, 5) is 0. The van der Waals surface area contributed by atoms with Crippen LogP contribution in [0.25, 0.3) is 0 Å². The van der Waals surface area contributed by atoms with Crippen LogP contribution < -0.4 is 5.32 Å².